The standard InChI is InChI=1S/C14H12O2S/c15-8-4-5-12-9-14(17-11-12)10-16-13-6-2-1-3-7-13/h1-3,6-7,9,11,15H,8,10H2. The second-order valence-corrected chi connectivity index (χ2v) is 4.36. The highest BCUT2D eigenvalue weighted by Crippen LogP contribution is 2.17. The first-order valence-electron chi connectivity index (χ1n) is 5.23. The molecule has 0 aliphatic carbocycles. The van der Waals surface area contributed by atoms with E-state index in [0.29, 0.717) is 6.61 Å². The largest absolute Gasteiger partial charge is 0.488 e. The van der Waals surface area contributed by atoms with Gasteiger partial charge in [-0.05, 0) is 18.2 Å². The number of aliphatic hydroxyl groups excluding tert-OH is 1. The van der Waals surface area contributed by atoms with Gasteiger partial charge in [-0.1, -0.05) is 30.0 Å². The average molecular weight is 244 g/mol. The molecule has 1 aromatic heterocycles. The monoisotopic (exact) mass is 244 g/mol. The van der Waals surface area contributed by atoms with E-state index in [9.17, 15) is 0 Å². The number of para-hydroxylation sites is 1. The summed E-state index contributed by atoms with van der Waals surface area (Å²) in [5.41, 5.74) is 0.927. The van der Waals surface area contributed by atoms with Crippen molar-refractivity contribution in [2.24, 2.45) is 0 Å². The molecule has 0 bridgehead atoms. The van der Waals surface area contributed by atoms with Gasteiger partial charge in [-0.25, -0.2) is 0 Å². The van der Waals surface area contributed by atoms with E-state index >= 15 is 0 Å². The van der Waals surface area contributed by atoms with E-state index in [4.69, 9.17) is 9.84 Å². The summed E-state index contributed by atoms with van der Waals surface area (Å²) < 4.78 is 5.62. The predicted octanol–water partition coefficient (Wildman–Crippen LogP) is 2.67. The lowest BCUT2D eigenvalue weighted by Gasteiger charge is -2.02. The molecule has 0 spiro atoms. The smallest absolute Gasteiger partial charge is 0.122 e. The Morgan fingerprint density at radius 3 is 2.82 bits per heavy atom. The van der Waals surface area contributed by atoms with Gasteiger partial charge in [0, 0.05) is 15.8 Å². The van der Waals surface area contributed by atoms with Crippen molar-refractivity contribution in [1.82, 2.24) is 0 Å². The molecule has 17 heavy (non-hydrogen) atoms. The number of benzene rings is 1. The molecule has 0 amide bonds. The van der Waals surface area contributed by atoms with E-state index in [0.717, 1.165) is 16.2 Å². The maximum Gasteiger partial charge on any atom is 0.122 e. The Kier molecular flexibility index (Phi) is 4.20. The molecule has 1 heterocycles. The molecule has 2 nitrogen and oxygen atoms in total. The minimum atomic E-state index is -0.105. The Morgan fingerprint density at radius 1 is 1.24 bits per heavy atom. The molecule has 1 aromatic carbocycles. The van der Waals surface area contributed by atoms with Crippen LogP contribution in [0.25, 0.3) is 0 Å². The Balaban J connectivity index is 1.94. The van der Waals surface area contributed by atoms with Crippen LogP contribution in [0, 0.1) is 11.8 Å². The summed E-state index contributed by atoms with van der Waals surface area (Å²) in [6.07, 6.45) is 0. The van der Waals surface area contributed by atoms with Gasteiger partial charge in [-0.2, -0.15) is 0 Å². The van der Waals surface area contributed by atoms with Crippen LogP contribution < -0.4 is 4.74 Å². The molecule has 0 aliphatic rings. The zero-order valence-electron chi connectivity index (χ0n) is 9.22. The van der Waals surface area contributed by atoms with Crippen molar-refractivity contribution in [1.29, 1.82) is 0 Å². The Bertz CT molecular complexity index is 520. The van der Waals surface area contributed by atoms with Crippen molar-refractivity contribution in [3.05, 3.63) is 52.2 Å². The van der Waals surface area contributed by atoms with Gasteiger partial charge in [0.05, 0.1) is 0 Å². The lowest BCUT2D eigenvalue weighted by Crippen LogP contribution is -1.91. The van der Waals surface area contributed by atoms with Gasteiger partial charge < -0.3 is 9.84 Å². The fourth-order valence-electron chi connectivity index (χ4n) is 1.33. The fraction of sp³-hybridized carbons (Fsp3) is 0.143. The zero-order valence-corrected chi connectivity index (χ0v) is 10.0. The summed E-state index contributed by atoms with van der Waals surface area (Å²) in [4.78, 5) is 1.12. The number of rotatable bonds is 3. The topological polar surface area (TPSA) is 29.5 Å². The van der Waals surface area contributed by atoms with Crippen molar-refractivity contribution in [3.8, 4) is 17.6 Å². The van der Waals surface area contributed by atoms with Gasteiger partial charge in [0.2, 0.25) is 0 Å². The second kappa shape index (κ2) is 6.09. The molecule has 2 rings (SSSR count). The van der Waals surface area contributed by atoms with Crippen molar-refractivity contribution in [3.63, 3.8) is 0 Å². The molecule has 0 unspecified atom stereocenters. The summed E-state index contributed by atoms with van der Waals surface area (Å²) in [7, 11) is 0. The second-order valence-electron chi connectivity index (χ2n) is 3.36. The van der Waals surface area contributed by atoms with Crippen molar-refractivity contribution in [2.75, 3.05) is 6.61 Å². The molecule has 0 atom stereocenters. The maximum atomic E-state index is 8.59. The molecule has 0 aliphatic heterocycles. The van der Waals surface area contributed by atoms with Crippen molar-refractivity contribution < 1.29 is 9.84 Å². The van der Waals surface area contributed by atoms with Gasteiger partial charge in [0.25, 0.3) is 0 Å². The first kappa shape index (κ1) is 11.7. The maximum absolute atomic E-state index is 8.59. The minimum Gasteiger partial charge on any atom is -0.488 e. The van der Waals surface area contributed by atoms with E-state index in [2.05, 4.69) is 11.8 Å². The molecule has 3 heteroatoms. The number of aliphatic hydroxyl groups is 1. The number of hydrogen-bond donors (Lipinski definition) is 1. The SMILES string of the molecule is OCC#Cc1csc(COc2ccccc2)c1. The molecule has 86 valence electrons. The van der Waals surface area contributed by atoms with Crippen LogP contribution in [0.5, 0.6) is 5.75 Å². The van der Waals surface area contributed by atoms with E-state index < -0.39 is 0 Å². The van der Waals surface area contributed by atoms with Crippen LogP contribution >= 0.6 is 11.3 Å². The van der Waals surface area contributed by atoms with Gasteiger partial charge in [0.1, 0.15) is 19.0 Å². The fourth-order valence-corrected chi connectivity index (χ4v) is 2.06. The van der Waals surface area contributed by atoms with Gasteiger partial charge in [-0.3, -0.25) is 0 Å². The molecule has 0 radical (unpaired) electrons. The Hall–Kier alpha value is -1.76. The molecular weight excluding hydrogens is 232 g/mol. The molecule has 2 aromatic rings. The Morgan fingerprint density at radius 2 is 2.06 bits per heavy atom. The first-order valence-corrected chi connectivity index (χ1v) is 6.11. The summed E-state index contributed by atoms with van der Waals surface area (Å²) in [6, 6.07) is 11.7. The third kappa shape index (κ3) is 3.63. The lowest BCUT2D eigenvalue weighted by molar-refractivity contribution is 0.310. The van der Waals surface area contributed by atoms with Crippen molar-refractivity contribution in [2.45, 2.75) is 6.61 Å². The molecule has 0 fully saturated rings. The van der Waals surface area contributed by atoms with E-state index in [1.165, 1.54) is 0 Å². The minimum absolute atomic E-state index is 0.105. The predicted molar refractivity (Wildman–Crippen MR) is 69.1 cm³/mol. The van der Waals surface area contributed by atoms with E-state index in [-0.39, 0.29) is 6.61 Å². The Labute approximate surface area is 104 Å². The number of thiophene rings is 1. The third-order valence-electron chi connectivity index (χ3n) is 2.09. The van der Waals surface area contributed by atoms with E-state index in [1.54, 1.807) is 11.3 Å². The lowest BCUT2D eigenvalue weighted by atomic mass is 10.3. The van der Waals surface area contributed by atoms with Gasteiger partial charge in [0.15, 0.2) is 0 Å². The normalized spacial score (nSPS) is 9.47. The highest BCUT2D eigenvalue weighted by Gasteiger charge is 1.99. The van der Waals surface area contributed by atoms with Crippen molar-refractivity contribution >= 4 is 11.3 Å². The third-order valence-corrected chi connectivity index (χ3v) is 3.00. The van der Waals surface area contributed by atoms with Crippen LogP contribution in [0.1, 0.15) is 10.4 Å². The quantitative estimate of drug-likeness (QED) is 0.841. The van der Waals surface area contributed by atoms with Crippen LogP contribution in [0.2, 0.25) is 0 Å². The molecule has 0 saturated heterocycles. The number of ether oxygens (including phenoxy) is 1. The summed E-state index contributed by atoms with van der Waals surface area (Å²) >= 11 is 1.61. The van der Waals surface area contributed by atoms with Crippen LogP contribution in [-0.4, -0.2) is 11.7 Å². The molecule has 1 N–H and O–H groups in total. The summed E-state index contributed by atoms with van der Waals surface area (Å²) in [5, 5.41) is 10.6. The summed E-state index contributed by atoms with van der Waals surface area (Å²) in [5.74, 6) is 6.36. The van der Waals surface area contributed by atoms with Crippen LogP contribution in [0.15, 0.2) is 41.8 Å². The molecular formula is C14H12O2S. The number of hydrogen-bond acceptors (Lipinski definition) is 3. The van der Waals surface area contributed by atoms with Gasteiger partial charge >= 0.3 is 0 Å². The van der Waals surface area contributed by atoms with Crippen LogP contribution in [0.4, 0.5) is 0 Å². The summed E-state index contributed by atoms with van der Waals surface area (Å²) in [6.45, 7) is 0.446. The first-order chi connectivity index (χ1) is 8.38. The zero-order chi connectivity index (χ0) is 11.9. The van der Waals surface area contributed by atoms with Crippen LogP contribution in [-0.2, 0) is 6.61 Å². The average Bonchev–Trinajstić information content (AvgIpc) is 2.83. The van der Waals surface area contributed by atoms with E-state index in [1.807, 2.05) is 41.8 Å². The highest BCUT2D eigenvalue weighted by atomic mass is 32.1. The van der Waals surface area contributed by atoms with Crippen LogP contribution in [0.3, 0.4) is 0 Å². The molecule has 0 saturated carbocycles. The van der Waals surface area contributed by atoms with Gasteiger partial charge in [-0.15, -0.1) is 11.3 Å². The highest BCUT2D eigenvalue weighted by molar-refractivity contribution is 7.10.